The normalized spacial score (nSPS) is 20.4. The Hall–Kier alpha value is -4.93. The second kappa shape index (κ2) is 13.0. The van der Waals surface area contributed by atoms with E-state index in [1.165, 1.54) is 23.8 Å². The van der Waals surface area contributed by atoms with Gasteiger partial charge in [0, 0.05) is 49.3 Å². The molecule has 2 amide bonds. The fourth-order valence-corrected chi connectivity index (χ4v) is 9.44. The highest BCUT2D eigenvalue weighted by atomic mass is 19.2. The molecule has 8 nitrogen and oxygen atoms in total. The molecule has 2 spiro atoms. The molecule has 0 bridgehead atoms. The van der Waals surface area contributed by atoms with Gasteiger partial charge in [-0.2, -0.15) is 0 Å². The Morgan fingerprint density at radius 1 is 0.961 bits per heavy atom. The van der Waals surface area contributed by atoms with Gasteiger partial charge in [0.2, 0.25) is 24.1 Å². The number of carbonyl (C=O) groups is 2. The van der Waals surface area contributed by atoms with E-state index in [1.807, 2.05) is 11.0 Å². The molecular weight excluding hydrogens is 655 g/mol. The van der Waals surface area contributed by atoms with Gasteiger partial charge in [-0.15, -0.1) is 10.2 Å². The molecule has 1 aromatic heterocycles. The Kier molecular flexibility index (Phi) is 8.47. The van der Waals surface area contributed by atoms with Gasteiger partial charge in [-0.3, -0.25) is 9.59 Å². The fourth-order valence-electron chi connectivity index (χ4n) is 9.44. The van der Waals surface area contributed by atoms with E-state index in [4.69, 9.17) is 4.42 Å². The standard InChI is InChI=1S/C40H40F3N5O3/c1-2-37(50)48-23-40(11-3-4-12-40)31-21-28(7-10-35(31)48)47-15-13-39(14-16-47)22-26(29-8-6-27(41)20-30(29)39)19-36(49)45-34(38-46-44-24-51-38)18-25-5-9-32(42)33(43)17-25/h2,5-10,17,20-21,24,26,34H,1,3-4,11-16,18-19,22-23H2,(H,45,49)/t26-,34-/m1/s1. The maximum Gasteiger partial charge on any atom is 0.250 e. The number of nitrogens with zero attached hydrogens (tertiary/aromatic N) is 4. The van der Waals surface area contributed by atoms with Gasteiger partial charge in [-0.05, 0) is 114 Å². The van der Waals surface area contributed by atoms with Crippen LogP contribution in [0.4, 0.5) is 24.5 Å². The number of fused-ring (bicyclic) bond motifs is 4. The molecule has 4 aliphatic rings. The molecule has 264 valence electrons. The Morgan fingerprint density at radius 2 is 1.76 bits per heavy atom. The zero-order valence-corrected chi connectivity index (χ0v) is 28.3. The van der Waals surface area contributed by atoms with Crippen molar-refractivity contribution in [3.05, 3.63) is 119 Å². The summed E-state index contributed by atoms with van der Waals surface area (Å²) in [6.45, 7) is 6.00. The van der Waals surface area contributed by atoms with Crippen molar-refractivity contribution >= 4 is 23.2 Å². The minimum absolute atomic E-state index is 0.00549. The zero-order chi connectivity index (χ0) is 35.3. The zero-order valence-electron chi connectivity index (χ0n) is 28.3. The van der Waals surface area contributed by atoms with Crippen LogP contribution in [0.1, 0.15) is 91.5 Å². The number of hydrogen-bond acceptors (Lipinski definition) is 6. The molecule has 2 aliphatic heterocycles. The maximum absolute atomic E-state index is 14.8. The third kappa shape index (κ3) is 6.00. The van der Waals surface area contributed by atoms with Crippen molar-refractivity contribution in [1.29, 1.82) is 0 Å². The minimum atomic E-state index is -0.977. The number of hydrogen-bond donors (Lipinski definition) is 1. The Bertz CT molecular complexity index is 1980. The molecule has 1 saturated heterocycles. The minimum Gasteiger partial charge on any atom is -0.426 e. The van der Waals surface area contributed by atoms with Crippen LogP contribution in [0.3, 0.4) is 0 Å². The van der Waals surface area contributed by atoms with Crippen LogP contribution >= 0.6 is 0 Å². The summed E-state index contributed by atoms with van der Waals surface area (Å²) in [5.74, 6) is -2.50. The summed E-state index contributed by atoms with van der Waals surface area (Å²) >= 11 is 0. The van der Waals surface area contributed by atoms with Crippen LogP contribution < -0.4 is 15.1 Å². The van der Waals surface area contributed by atoms with Crippen LogP contribution in [0.5, 0.6) is 0 Å². The molecule has 2 atom stereocenters. The molecule has 0 unspecified atom stereocenters. The van der Waals surface area contributed by atoms with Gasteiger partial charge in [0.15, 0.2) is 11.6 Å². The van der Waals surface area contributed by atoms with E-state index in [-0.39, 0.29) is 53.1 Å². The van der Waals surface area contributed by atoms with Gasteiger partial charge in [0.25, 0.3) is 0 Å². The van der Waals surface area contributed by atoms with Crippen LogP contribution in [-0.4, -0.2) is 41.6 Å². The van der Waals surface area contributed by atoms with Crippen molar-refractivity contribution in [3.8, 4) is 0 Å². The number of rotatable bonds is 8. The van der Waals surface area contributed by atoms with Crippen LogP contribution in [0.2, 0.25) is 0 Å². The summed E-state index contributed by atoms with van der Waals surface area (Å²) in [5, 5.41) is 10.7. The lowest BCUT2D eigenvalue weighted by Crippen LogP contribution is -2.42. The van der Waals surface area contributed by atoms with E-state index in [0.29, 0.717) is 18.5 Å². The van der Waals surface area contributed by atoms with Crippen molar-refractivity contribution in [2.24, 2.45) is 0 Å². The van der Waals surface area contributed by atoms with Gasteiger partial charge < -0.3 is 19.5 Å². The quantitative estimate of drug-likeness (QED) is 0.194. The molecule has 4 aromatic rings. The summed E-state index contributed by atoms with van der Waals surface area (Å²) in [5.41, 5.74) is 5.55. The molecule has 51 heavy (non-hydrogen) atoms. The first-order chi connectivity index (χ1) is 24.7. The van der Waals surface area contributed by atoms with Gasteiger partial charge in [-0.25, -0.2) is 13.2 Å². The highest BCUT2D eigenvalue weighted by Gasteiger charge is 2.48. The largest absolute Gasteiger partial charge is 0.426 e. The summed E-state index contributed by atoms with van der Waals surface area (Å²) in [6.07, 6.45) is 9.66. The Morgan fingerprint density at radius 3 is 2.49 bits per heavy atom. The number of anilines is 2. The maximum atomic E-state index is 14.8. The highest BCUT2D eigenvalue weighted by Crippen LogP contribution is 2.55. The number of halogens is 3. The molecule has 11 heteroatoms. The number of benzene rings is 3. The van der Waals surface area contributed by atoms with Gasteiger partial charge >= 0.3 is 0 Å². The van der Waals surface area contributed by atoms with Gasteiger partial charge in [-0.1, -0.05) is 31.6 Å². The van der Waals surface area contributed by atoms with E-state index in [0.717, 1.165) is 92.6 Å². The SMILES string of the molecule is C=CC(=O)N1CC2(CCCC2)c2cc(N3CCC4(CC3)C[C@@H](CC(=O)N[C@H](Cc3ccc(F)c(F)c3)c3nnco3)c3ccc(F)cc34)ccc21. The molecule has 3 heterocycles. The number of amides is 2. The Balaban J connectivity index is 0.990. The van der Waals surface area contributed by atoms with Crippen LogP contribution in [0.15, 0.2) is 78.1 Å². The van der Waals surface area contributed by atoms with E-state index in [9.17, 15) is 22.8 Å². The van der Waals surface area contributed by atoms with Crippen molar-refractivity contribution in [2.45, 2.75) is 80.6 Å². The summed E-state index contributed by atoms with van der Waals surface area (Å²) in [4.78, 5) is 30.7. The molecule has 1 N–H and O–H groups in total. The summed E-state index contributed by atoms with van der Waals surface area (Å²) in [7, 11) is 0. The van der Waals surface area contributed by atoms with Gasteiger partial charge in [0.05, 0.1) is 0 Å². The first-order valence-corrected chi connectivity index (χ1v) is 17.8. The van der Waals surface area contributed by atoms with E-state index >= 15 is 0 Å². The van der Waals surface area contributed by atoms with Crippen molar-refractivity contribution < 1.29 is 27.2 Å². The predicted molar refractivity (Wildman–Crippen MR) is 186 cm³/mol. The third-order valence-electron chi connectivity index (χ3n) is 11.9. The van der Waals surface area contributed by atoms with Crippen molar-refractivity contribution in [2.75, 3.05) is 29.4 Å². The van der Waals surface area contributed by atoms with Crippen LogP contribution in [0, 0.1) is 17.5 Å². The van der Waals surface area contributed by atoms with Crippen LogP contribution in [-0.2, 0) is 26.8 Å². The highest BCUT2D eigenvalue weighted by molar-refractivity contribution is 6.03. The van der Waals surface area contributed by atoms with Crippen molar-refractivity contribution in [3.63, 3.8) is 0 Å². The molecule has 3 aromatic carbocycles. The molecular formula is C40H40F3N5O3. The van der Waals surface area contributed by atoms with Crippen LogP contribution in [0.25, 0.3) is 0 Å². The smallest absolute Gasteiger partial charge is 0.250 e. The number of nitrogens with one attached hydrogen (secondary N) is 1. The average Bonchev–Trinajstić information content (AvgIpc) is 3.94. The first-order valence-electron chi connectivity index (χ1n) is 17.8. The Labute approximate surface area is 294 Å². The lowest BCUT2D eigenvalue weighted by atomic mass is 9.73. The second-order valence-corrected chi connectivity index (χ2v) is 14.8. The van der Waals surface area contributed by atoms with Gasteiger partial charge in [0.1, 0.15) is 11.9 Å². The number of carbonyl (C=O) groups excluding carboxylic acids is 2. The topological polar surface area (TPSA) is 91.6 Å². The molecule has 2 aliphatic carbocycles. The number of aromatic nitrogens is 2. The monoisotopic (exact) mass is 695 g/mol. The summed E-state index contributed by atoms with van der Waals surface area (Å²) in [6, 6.07) is 14.3. The fraction of sp³-hybridized carbons (Fsp3) is 0.400. The average molecular weight is 696 g/mol. The third-order valence-corrected chi connectivity index (χ3v) is 11.9. The van der Waals surface area contributed by atoms with E-state index in [1.54, 1.807) is 6.07 Å². The molecule has 8 rings (SSSR count). The second-order valence-electron chi connectivity index (χ2n) is 14.8. The number of piperidine rings is 1. The molecule has 0 radical (unpaired) electrons. The molecule has 2 fully saturated rings. The summed E-state index contributed by atoms with van der Waals surface area (Å²) < 4.78 is 47.8. The van der Waals surface area contributed by atoms with E-state index in [2.05, 4.69) is 45.2 Å². The molecule has 1 saturated carbocycles. The van der Waals surface area contributed by atoms with Crippen molar-refractivity contribution in [1.82, 2.24) is 15.5 Å². The van der Waals surface area contributed by atoms with E-state index < -0.39 is 17.7 Å². The first kappa shape index (κ1) is 33.2. The lowest BCUT2D eigenvalue weighted by molar-refractivity contribution is -0.122. The lowest BCUT2D eigenvalue weighted by Gasteiger charge is -2.41. The predicted octanol–water partition coefficient (Wildman–Crippen LogP) is 7.35.